The molecule has 0 aromatic heterocycles. The van der Waals surface area contributed by atoms with Crippen LogP contribution in [0.15, 0.2) is 59.6 Å². The molecule has 12 nitrogen and oxygen atoms in total. The molecule has 0 spiro atoms. The number of hydrogen-bond donors (Lipinski definition) is 6. The Morgan fingerprint density at radius 3 is 2.40 bits per heavy atom. The van der Waals surface area contributed by atoms with Gasteiger partial charge in [-0.05, 0) is 61.8 Å². The Bertz CT molecular complexity index is 1220. The Hall–Kier alpha value is -4.45. The first-order valence-electron chi connectivity index (χ1n) is 14.1. The van der Waals surface area contributed by atoms with Crippen LogP contribution in [0.4, 0.5) is 0 Å². The Kier molecular flexibility index (Phi) is 12.3. The van der Waals surface area contributed by atoms with Gasteiger partial charge in [-0.25, -0.2) is 0 Å². The number of guanidine groups is 1. The molecule has 0 saturated carbocycles. The van der Waals surface area contributed by atoms with Crippen molar-refractivity contribution in [2.75, 3.05) is 13.1 Å². The highest BCUT2D eigenvalue weighted by Gasteiger charge is 2.38. The summed E-state index contributed by atoms with van der Waals surface area (Å²) in [6.45, 7) is 0.638. The number of likely N-dealkylation sites (tertiary alicyclic amines) is 1. The number of amides is 3. The van der Waals surface area contributed by atoms with E-state index in [1.54, 1.807) is 12.1 Å². The summed E-state index contributed by atoms with van der Waals surface area (Å²) in [5, 5.41) is 25.5. The van der Waals surface area contributed by atoms with Gasteiger partial charge >= 0.3 is 0 Å². The van der Waals surface area contributed by atoms with E-state index in [1.807, 2.05) is 30.3 Å². The predicted octanol–water partition coefficient (Wildman–Crippen LogP) is 0.142. The van der Waals surface area contributed by atoms with Crippen LogP contribution in [0.2, 0.25) is 0 Å². The summed E-state index contributed by atoms with van der Waals surface area (Å²) in [6.07, 6.45) is 1.78. The van der Waals surface area contributed by atoms with Crippen LogP contribution in [0.25, 0.3) is 0 Å². The molecule has 1 aliphatic rings. The van der Waals surface area contributed by atoms with Crippen LogP contribution in [-0.2, 0) is 32.0 Å². The number of aromatic hydroxyl groups is 1. The highest BCUT2D eigenvalue weighted by atomic mass is 16.3. The Labute approximate surface area is 245 Å². The van der Waals surface area contributed by atoms with Gasteiger partial charge in [0, 0.05) is 19.5 Å². The summed E-state index contributed by atoms with van der Waals surface area (Å²) in [5.41, 5.74) is 12.2. The van der Waals surface area contributed by atoms with Crippen LogP contribution in [0.1, 0.15) is 43.2 Å². The molecule has 0 unspecified atom stereocenters. The molecule has 2 aromatic rings. The minimum absolute atomic E-state index is 0.00325. The number of aryl methyl sites for hydroxylation is 1. The summed E-state index contributed by atoms with van der Waals surface area (Å²) in [5.74, 6) is -1.57. The molecule has 1 heterocycles. The number of aliphatic hydroxyl groups excluding tert-OH is 1. The van der Waals surface area contributed by atoms with Gasteiger partial charge in [0.15, 0.2) is 5.96 Å². The third-order valence-corrected chi connectivity index (χ3v) is 7.15. The second-order valence-electron chi connectivity index (χ2n) is 10.4. The van der Waals surface area contributed by atoms with Crippen molar-refractivity contribution in [1.82, 2.24) is 15.5 Å². The van der Waals surface area contributed by atoms with Gasteiger partial charge in [0.1, 0.15) is 30.2 Å². The number of aliphatic imine (C=N–C) groups is 1. The summed E-state index contributed by atoms with van der Waals surface area (Å²) in [7, 11) is 0. The average molecular weight is 581 g/mol. The number of rotatable bonds is 15. The van der Waals surface area contributed by atoms with Crippen LogP contribution < -0.4 is 22.1 Å². The monoisotopic (exact) mass is 580 g/mol. The van der Waals surface area contributed by atoms with Gasteiger partial charge < -0.3 is 42.0 Å². The number of aldehydes is 1. The lowest BCUT2D eigenvalue weighted by Gasteiger charge is -2.30. The lowest BCUT2D eigenvalue weighted by molar-refractivity contribution is -0.143. The number of hydrogen-bond acceptors (Lipinski definition) is 7. The van der Waals surface area contributed by atoms with Crippen LogP contribution in [-0.4, -0.2) is 82.4 Å². The summed E-state index contributed by atoms with van der Waals surface area (Å²) < 4.78 is 0. The molecule has 0 aliphatic carbocycles. The first-order valence-corrected chi connectivity index (χ1v) is 14.1. The maximum Gasteiger partial charge on any atom is 0.249 e. The van der Waals surface area contributed by atoms with Gasteiger partial charge in [-0.2, -0.15) is 0 Å². The van der Waals surface area contributed by atoms with Crippen molar-refractivity contribution in [1.29, 1.82) is 0 Å². The molecule has 3 amide bonds. The lowest BCUT2D eigenvalue weighted by Crippen LogP contribution is -2.56. The van der Waals surface area contributed by atoms with Crippen molar-refractivity contribution in [2.24, 2.45) is 16.5 Å². The maximum absolute atomic E-state index is 13.8. The normalized spacial score (nSPS) is 16.6. The molecule has 8 N–H and O–H groups in total. The average Bonchev–Trinajstić information content (AvgIpc) is 3.48. The number of nitrogens with one attached hydrogen (secondary N) is 2. The lowest BCUT2D eigenvalue weighted by atomic mass is 10.0. The minimum Gasteiger partial charge on any atom is -0.508 e. The molecule has 3 rings (SSSR count). The quantitative estimate of drug-likeness (QED) is 0.0739. The zero-order chi connectivity index (χ0) is 30.5. The minimum atomic E-state index is -1.42. The van der Waals surface area contributed by atoms with E-state index in [4.69, 9.17) is 11.5 Å². The van der Waals surface area contributed by atoms with Crippen LogP contribution in [0, 0.1) is 0 Å². The molecule has 0 bridgehead atoms. The van der Waals surface area contributed by atoms with E-state index in [0.29, 0.717) is 57.0 Å². The largest absolute Gasteiger partial charge is 0.508 e. The number of phenolic OH excluding ortho intramolecular Hbond substituents is 1. The predicted molar refractivity (Wildman–Crippen MR) is 157 cm³/mol. The maximum atomic E-state index is 13.8. The SMILES string of the molecule is NC(N)=NCCC[C@@H](C=O)NC(=O)[C@@H]1CCCN1C(=O)[C@@H](CCc1ccccc1)NC(=O)[C@H](O)Cc1ccc(O)cc1. The second kappa shape index (κ2) is 16.1. The first-order chi connectivity index (χ1) is 20.2. The Morgan fingerprint density at radius 2 is 1.74 bits per heavy atom. The first kappa shape index (κ1) is 32.1. The van der Waals surface area contributed by atoms with Crippen LogP contribution in [0.5, 0.6) is 5.75 Å². The number of carbonyl (C=O) groups is 4. The molecule has 1 aliphatic heterocycles. The van der Waals surface area contributed by atoms with E-state index >= 15 is 0 Å². The van der Waals surface area contributed by atoms with Gasteiger partial charge in [0.05, 0.1) is 6.04 Å². The van der Waals surface area contributed by atoms with Crippen molar-refractivity contribution >= 4 is 30.0 Å². The molecule has 2 aromatic carbocycles. The van der Waals surface area contributed by atoms with Gasteiger partial charge in [-0.15, -0.1) is 0 Å². The van der Waals surface area contributed by atoms with E-state index in [9.17, 15) is 29.4 Å². The zero-order valence-electron chi connectivity index (χ0n) is 23.5. The van der Waals surface area contributed by atoms with Gasteiger partial charge in [-0.3, -0.25) is 19.4 Å². The molecule has 12 heteroatoms. The van der Waals surface area contributed by atoms with Gasteiger partial charge in [0.25, 0.3) is 0 Å². The van der Waals surface area contributed by atoms with E-state index in [2.05, 4.69) is 15.6 Å². The number of benzene rings is 2. The number of nitrogens with zero attached hydrogens (tertiary/aromatic N) is 2. The number of phenols is 1. The van der Waals surface area contributed by atoms with Gasteiger partial charge in [-0.1, -0.05) is 42.5 Å². The Morgan fingerprint density at radius 1 is 1.02 bits per heavy atom. The third kappa shape index (κ3) is 9.88. The standard InChI is InChI=1S/C30H40N6O6/c31-30(32)33-16-4-8-22(19-37)34-27(40)25-9-5-17-36(25)29(42)24(15-12-20-6-2-1-3-7-20)35-28(41)26(39)18-21-10-13-23(38)14-11-21/h1-3,6-7,10-11,13-14,19,22,24-26,38-39H,4-5,8-9,12,15-18H2,(H,34,40)(H,35,41)(H4,31,32,33)/t22-,24+,25-,26+/m0/s1. The fraction of sp³-hybridized carbons (Fsp3) is 0.433. The molecular weight excluding hydrogens is 540 g/mol. The van der Waals surface area contributed by atoms with Crippen molar-refractivity contribution < 1.29 is 29.4 Å². The summed E-state index contributed by atoms with van der Waals surface area (Å²) in [6, 6.07) is 13.1. The van der Waals surface area contributed by atoms with E-state index in [1.165, 1.54) is 17.0 Å². The van der Waals surface area contributed by atoms with Crippen molar-refractivity contribution in [3.63, 3.8) is 0 Å². The molecular formula is C30H40N6O6. The van der Waals surface area contributed by atoms with E-state index < -0.39 is 42.0 Å². The highest BCUT2D eigenvalue weighted by Crippen LogP contribution is 2.21. The summed E-state index contributed by atoms with van der Waals surface area (Å²) in [4.78, 5) is 56.8. The molecule has 1 saturated heterocycles. The number of nitrogens with two attached hydrogens (primary N) is 2. The molecule has 0 radical (unpaired) electrons. The molecule has 1 fully saturated rings. The summed E-state index contributed by atoms with van der Waals surface area (Å²) >= 11 is 0. The van der Waals surface area contributed by atoms with E-state index in [-0.39, 0.29) is 24.6 Å². The smallest absolute Gasteiger partial charge is 0.249 e. The fourth-order valence-corrected chi connectivity index (χ4v) is 4.90. The number of aliphatic hydroxyl groups is 1. The fourth-order valence-electron chi connectivity index (χ4n) is 4.90. The van der Waals surface area contributed by atoms with Crippen LogP contribution >= 0.6 is 0 Å². The molecule has 4 atom stereocenters. The molecule has 42 heavy (non-hydrogen) atoms. The van der Waals surface area contributed by atoms with Gasteiger partial charge in [0.2, 0.25) is 17.7 Å². The van der Waals surface area contributed by atoms with Crippen molar-refractivity contribution in [2.45, 2.75) is 69.2 Å². The number of carbonyl (C=O) groups excluding carboxylic acids is 4. The van der Waals surface area contributed by atoms with E-state index in [0.717, 1.165) is 5.56 Å². The molecule has 226 valence electrons. The highest BCUT2D eigenvalue weighted by molar-refractivity contribution is 5.94. The third-order valence-electron chi connectivity index (χ3n) is 7.15. The Balaban J connectivity index is 1.68. The van der Waals surface area contributed by atoms with Crippen molar-refractivity contribution in [3.8, 4) is 5.75 Å². The van der Waals surface area contributed by atoms with Crippen LogP contribution in [0.3, 0.4) is 0 Å². The van der Waals surface area contributed by atoms with Crippen molar-refractivity contribution in [3.05, 3.63) is 65.7 Å². The second-order valence-corrected chi connectivity index (χ2v) is 10.4. The topological polar surface area (TPSA) is 200 Å². The zero-order valence-corrected chi connectivity index (χ0v) is 23.5.